The first-order valence-electron chi connectivity index (χ1n) is 10.5. The van der Waals surface area contributed by atoms with Gasteiger partial charge in [-0.25, -0.2) is 0 Å². The van der Waals surface area contributed by atoms with Gasteiger partial charge in [-0.2, -0.15) is 34.8 Å². The number of fused-ring (bicyclic) bond motifs is 1. The van der Waals surface area contributed by atoms with Gasteiger partial charge in [0.05, 0.1) is 16.0 Å². The molecule has 1 aliphatic heterocycles. The molecular weight excluding hydrogens is 550 g/mol. The summed E-state index contributed by atoms with van der Waals surface area (Å²) in [6, 6.07) is 9.38. The topological polar surface area (TPSA) is 61.8 Å². The molecule has 3 aromatic carbocycles. The van der Waals surface area contributed by atoms with Crippen molar-refractivity contribution in [1.29, 1.82) is 0 Å². The van der Waals surface area contributed by atoms with E-state index in [1.807, 2.05) is 0 Å². The second kappa shape index (κ2) is 9.73. The Bertz CT molecular complexity index is 1420. The van der Waals surface area contributed by atoms with Crippen LogP contribution in [0.3, 0.4) is 0 Å². The Morgan fingerprint density at radius 3 is 2.24 bits per heavy atom. The lowest BCUT2D eigenvalue weighted by Gasteiger charge is -2.29. The molecule has 0 saturated heterocycles. The van der Waals surface area contributed by atoms with Crippen molar-refractivity contribution in [3.8, 4) is 22.6 Å². The van der Waals surface area contributed by atoms with E-state index in [0.29, 0.717) is 12.1 Å². The Kier molecular flexibility index (Phi) is 7.12. The van der Waals surface area contributed by atoms with Gasteiger partial charge in [0, 0.05) is 16.7 Å². The van der Waals surface area contributed by atoms with Crippen molar-refractivity contribution in [2.24, 2.45) is 0 Å². The minimum Gasteiger partial charge on any atom is -0.486 e. The Labute approximate surface area is 212 Å². The predicted molar refractivity (Wildman–Crippen MR) is 121 cm³/mol. The van der Waals surface area contributed by atoms with Gasteiger partial charge in [0.15, 0.2) is 17.6 Å². The summed E-state index contributed by atoms with van der Waals surface area (Å²) < 4.78 is 122. The molecule has 1 aliphatic rings. The predicted octanol–water partition coefficient (Wildman–Crippen LogP) is 6.90. The zero-order valence-corrected chi connectivity index (χ0v) is 20.4. The molecule has 4 rings (SSSR count). The summed E-state index contributed by atoms with van der Waals surface area (Å²) >= 11 is 6.04. The van der Waals surface area contributed by atoms with Gasteiger partial charge in [0.25, 0.3) is 10.1 Å². The van der Waals surface area contributed by atoms with E-state index >= 15 is 0 Å². The number of aryl methyl sites for hydroxylation is 1. The third kappa shape index (κ3) is 5.97. The maximum absolute atomic E-state index is 13.8. The first-order chi connectivity index (χ1) is 17.1. The van der Waals surface area contributed by atoms with E-state index in [9.17, 15) is 34.8 Å². The maximum Gasteiger partial charge on any atom is 0.417 e. The summed E-state index contributed by atoms with van der Waals surface area (Å²) in [4.78, 5) is -0.109. The largest absolute Gasteiger partial charge is 0.486 e. The minimum atomic E-state index is -5.15. The lowest BCUT2D eigenvalue weighted by Crippen LogP contribution is -2.34. The second-order valence-electron chi connectivity index (χ2n) is 8.14. The number of benzene rings is 3. The molecule has 0 fully saturated rings. The molecule has 0 bridgehead atoms. The highest BCUT2D eigenvalue weighted by atomic mass is 35.5. The fourth-order valence-corrected chi connectivity index (χ4v) is 4.74. The molecule has 0 aliphatic carbocycles. The molecular formula is C24H17ClF6O5S. The van der Waals surface area contributed by atoms with Crippen LogP contribution in [0.4, 0.5) is 26.3 Å². The highest BCUT2D eigenvalue weighted by Crippen LogP contribution is 2.48. The van der Waals surface area contributed by atoms with Crippen molar-refractivity contribution in [3.63, 3.8) is 0 Å². The minimum absolute atomic E-state index is 0.00105. The van der Waals surface area contributed by atoms with E-state index in [0.717, 1.165) is 11.6 Å². The molecule has 13 heteroatoms. The highest BCUT2D eigenvalue weighted by Gasteiger charge is 2.39. The molecule has 0 radical (unpaired) electrons. The number of ether oxygens (including phenoxy) is 2. The number of rotatable bonds is 5. The number of alkyl halides is 6. The number of halogens is 7. The third-order valence-electron chi connectivity index (χ3n) is 5.39. The molecule has 0 saturated carbocycles. The summed E-state index contributed by atoms with van der Waals surface area (Å²) in [6.45, 7) is 0.999. The van der Waals surface area contributed by atoms with Crippen molar-refractivity contribution in [1.82, 2.24) is 0 Å². The van der Waals surface area contributed by atoms with E-state index < -0.39 is 51.9 Å². The molecule has 5 nitrogen and oxygen atoms in total. The summed E-state index contributed by atoms with van der Waals surface area (Å²) in [5.74, 6) is -0.310. The normalized spacial score (nSPS) is 16.1. The van der Waals surface area contributed by atoms with Gasteiger partial charge in [0.2, 0.25) is 0 Å². The number of hydrogen-bond acceptors (Lipinski definition) is 5. The quantitative estimate of drug-likeness (QED) is 0.248. The van der Waals surface area contributed by atoms with Crippen molar-refractivity contribution < 1.29 is 48.4 Å². The van der Waals surface area contributed by atoms with Gasteiger partial charge in [-0.1, -0.05) is 35.4 Å². The Morgan fingerprint density at radius 2 is 1.62 bits per heavy atom. The van der Waals surface area contributed by atoms with Crippen molar-refractivity contribution in [3.05, 3.63) is 76.3 Å². The van der Waals surface area contributed by atoms with Crippen molar-refractivity contribution >= 4 is 21.7 Å². The first kappa shape index (κ1) is 27.1. The van der Waals surface area contributed by atoms with Crippen LogP contribution in [0, 0.1) is 6.92 Å². The zero-order valence-electron chi connectivity index (χ0n) is 18.8. The first-order valence-corrected chi connectivity index (χ1v) is 12.3. The fourth-order valence-electron chi connectivity index (χ4n) is 3.59. The van der Waals surface area contributed by atoms with Crippen LogP contribution in [-0.4, -0.2) is 27.7 Å². The van der Waals surface area contributed by atoms with Gasteiger partial charge in [-0.15, -0.1) is 0 Å². The molecule has 198 valence electrons. The molecule has 37 heavy (non-hydrogen) atoms. The molecule has 0 N–H and O–H groups in total. The fraction of sp³-hybridized carbons (Fsp3) is 0.250. The average Bonchev–Trinajstić information content (AvgIpc) is 2.81. The Morgan fingerprint density at radius 1 is 0.946 bits per heavy atom. The third-order valence-corrected chi connectivity index (χ3v) is 6.90. The van der Waals surface area contributed by atoms with Crippen molar-refractivity contribution in [2.75, 3.05) is 13.2 Å². The standard InChI is InChI=1S/C24H17ClF6O5S/c1-13-2-5-17(6-3-13)37(32,33)35-12-16-11-34-21-10-15(25)9-19(22(21)36-16)18-7-4-14(23(26,27)28)8-20(18)24(29,30)31/h2-10,16H,11-12H2,1H3/t16-/m1/s1. The Hall–Kier alpha value is -2.96. The van der Waals surface area contributed by atoms with Crippen LogP contribution in [0.5, 0.6) is 11.5 Å². The van der Waals surface area contributed by atoms with Gasteiger partial charge in [0.1, 0.15) is 13.2 Å². The van der Waals surface area contributed by atoms with Gasteiger partial charge < -0.3 is 9.47 Å². The summed E-state index contributed by atoms with van der Waals surface area (Å²) in [5.41, 5.74) is -3.13. The highest BCUT2D eigenvalue weighted by molar-refractivity contribution is 7.86. The van der Waals surface area contributed by atoms with Crippen LogP contribution in [0.15, 0.2) is 59.5 Å². The SMILES string of the molecule is Cc1ccc(S(=O)(=O)OC[C@H]2COc3cc(Cl)cc(-c4ccc(C(F)(F)F)cc4C(F)(F)F)c3O2)cc1. The molecule has 0 spiro atoms. The van der Waals surface area contributed by atoms with Crippen LogP contribution < -0.4 is 9.47 Å². The number of hydrogen-bond donors (Lipinski definition) is 0. The van der Waals surface area contributed by atoms with Gasteiger partial charge in [-0.3, -0.25) is 4.18 Å². The van der Waals surface area contributed by atoms with E-state index in [1.165, 1.54) is 18.2 Å². The van der Waals surface area contributed by atoms with Crippen LogP contribution in [0.2, 0.25) is 5.02 Å². The van der Waals surface area contributed by atoms with Crippen LogP contribution >= 0.6 is 11.6 Å². The van der Waals surface area contributed by atoms with E-state index in [-0.39, 0.29) is 39.7 Å². The summed E-state index contributed by atoms with van der Waals surface area (Å²) in [5, 5.41) is -0.0537. The van der Waals surface area contributed by atoms with Crippen LogP contribution in [0.25, 0.3) is 11.1 Å². The lowest BCUT2D eigenvalue weighted by molar-refractivity contribution is -0.142. The molecule has 0 amide bonds. The molecule has 0 aromatic heterocycles. The van der Waals surface area contributed by atoms with Crippen LogP contribution in [0.1, 0.15) is 16.7 Å². The van der Waals surface area contributed by atoms with Crippen LogP contribution in [-0.2, 0) is 26.7 Å². The molecule has 1 heterocycles. The molecule has 1 atom stereocenters. The maximum atomic E-state index is 13.8. The summed E-state index contributed by atoms with van der Waals surface area (Å²) in [6.07, 6.45) is -11.2. The van der Waals surface area contributed by atoms with Crippen molar-refractivity contribution in [2.45, 2.75) is 30.3 Å². The zero-order chi connectivity index (χ0) is 27.2. The van der Waals surface area contributed by atoms with Gasteiger partial charge >= 0.3 is 12.4 Å². The molecule has 0 unspecified atom stereocenters. The monoisotopic (exact) mass is 566 g/mol. The summed E-state index contributed by atoms with van der Waals surface area (Å²) in [7, 11) is -4.18. The van der Waals surface area contributed by atoms with E-state index in [2.05, 4.69) is 0 Å². The van der Waals surface area contributed by atoms with E-state index in [1.54, 1.807) is 19.1 Å². The van der Waals surface area contributed by atoms with Gasteiger partial charge in [-0.05, 0) is 42.8 Å². The van der Waals surface area contributed by atoms with E-state index in [4.69, 9.17) is 25.3 Å². The molecule has 3 aromatic rings. The smallest absolute Gasteiger partial charge is 0.417 e. The average molecular weight is 567 g/mol. The Balaban J connectivity index is 1.67. The lowest BCUT2D eigenvalue weighted by atomic mass is 9.95. The second-order valence-corrected chi connectivity index (χ2v) is 10.2.